The molecule has 1 unspecified atom stereocenters. The molecule has 0 saturated carbocycles. The van der Waals surface area contributed by atoms with E-state index in [1.54, 1.807) is 26.1 Å². The lowest BCUT2D eigenvalue weighted by atomic mass is 9.88. The van der Waals surface area contributed by atoms with E-state index in [2.05, 4.69) is 6.07 Å². The van der Waals surface area contributed by atoms with E-state index < -0.39 is 5.41 Å². The second kappa shape index (κ2) is 5.63. The fourth-order valence-electron chi connectivity index (χ4n) is 1.63. The Morgan fingerprint density at radius 1 is 1.44 bits per heavy atom. The molecule has 0 spiro atoms. The second-order valence-corrected chi connectivity index (χ2v) is 4.59. The molecule has 0 N–H and O–H groups in total. The fraction of sp³-hybridized carbons (Fsp3) is 0.429. The van der Waals surface area contributed by atoms with Crippen LogP contribution in [0.4, 0.5) is 4.39 Å². The van der Waals surface area contributed by atoms with Gasteiger partial charge in [-0.15, -0.1) is 0 Å². The van der Waals surface area contributed by atoms with Crippen LogP contribution in [0, 0.1) is 22.6 Å². The van der Waals surface area contributed by atoms with Crippen LogP contribution >= 0.6 is 0 Å². The summed E-state index contributed by atoms with van der Waals surface area (Å²) in [7, 11) is 1.65. The van der Waals surface area contributed by atoms with Crippen LogP contribution in [0.5, 0.6) is 0 Å². The zero-order valence-corrected chi connectivity index (χ0v) is 10.9. The lowest BCUT2D eigenvalue weighted by Crippen LogP contribution is -2.38. The number of halogens is 1. The summed E-state index contributed by atoms with van der Waals surface area (Å²) in [6, 6.07) is 8.04. The first-order valence-electron chi connectivity index (χ1n) is 5.84. The summed E-state index contributed by atoms with van der Waals surface area (Å²) in [5.41, 5.74) is -0.155. The summed E-state index contributed by atoms with van der Waals surface area (Å²) in [6.07, 6.45) is 0.468. The number of carbonyl (C=O) groups excluding carboxylic acids is 1. The van der Waals surface area contributed by atoms with Gasteiger partial charge in [0.05, 0.1) is 6.07 Å². The monoisotopic (exact) mass is 248 g/mol. The maximum Gasteiger partial charge on any atom is 0.242 e. The van der Waals surface area contributed by atoms with E-state index >= 15 is 0 Å². The number of carbonyl (C=O) groups is 1. The van der Waals surface area contributed by atoms with E-state index in [0.29, 0.717) is 13.0 Å². The minimum atomic E-state index is -0.991. The first-order chi connectivity index (χ1) is 8.42. The Balaban J connectivity index is 2.77. The van der Waals surface area contributed by atoms with Gasteiger partial charge in [-0.25, -0.2) is 4.39 Å². The minimum absolute atomic E-state index is 0.211. The Morgan fingerprint density at radius 3 is 2.44 bits per heavy atom. The predicted octanol–water partition coefficient (Wildman–Crippen LogP) is 2.72. The number of rotatable bonds is 4. The van der Waals surface area contributed by atoms with Crippen molar-refractivity contribution in [1.82, 2.24) is 4.90 Å². The van der Waals surface area contributed by atoms with Gasteiger partial charge in [0.2, 0.25) is 5.91 Å². The van der Waals surface area contributed by atoms with Crippen LogP contribution in [-0.4, -0.2) is 17.9 Å². The lowest BCUT2D eigenvalue weighted by molar-refractivity contribution is -0.137. The molecule has 1 aromatic carbocycles. The largest absolute Gasteiger partial charge is 0.340 e. The molecule has 1 atom stereocenters. The average Bonchev–Trinajstić information content (AvgIpc) is 2.39. The van der Waals surface area contributed by atoms with Gasteiger partial charge in [-0.1, -0.05) is 19.1 Å². The summed E-state index contributed by atoms with van der Waals surface area (Å²) in [4.78, 5) is 13.6. The molecule has 0 heterocycles. The maximum absolute atomic E-state index is 12.8. The third-order valence-electron chi connectivity index (χ3n) is 3.11. The molecule has 4 heteroatoms. The molecule has 0 aliphatic carbocycles. The minimum Gasteiger partial charge on any atom is -0.340 e. The van der Waals surface area contributed by atoms with Gasteiger partial charge >= 0.3 is 0 Å². The van der Waals surface area contributed by atoms with Gasteiger partial charge in [0.15, 0.2) is 0 Å². The van der Waals surface area contributed by atoms with E-state index in [4.69, 9.17) is 5.26 Å². The van der Waals surface area contributed by atoms with Crippen molar-refractivity contribution in [3.8, 4) is 6.07 Å². The summed E-state index contributed by atoms with van der Waals surface area (Å²) in [6.45, 7) is 3.82. The maximum atomic E-state index is 12.8. The Hall–Kier alpha value is -1.89. The lowest BCUT2D eigenvalue weighted by Gasteiger charge is -2.26. The van der Waals surface area contributed by atoms with Crippen molar-refractivity contribution in [2.24, 2.45) is 5.41 Å². The molecular formula is C14H17FN2O. The van der Waals surface area contributed by atoms with E-state index in [-0.39, 0.29) is 11.7 Å². The van der Waals surface area contributed by atoms with Crippen LogP contribution in [0.15, 0.2) is 24.3 Å². The number of hydrogen-bond acceptors (Lipinski definition) is 2. The molecule has 3 nitrogen and oxygen atoms in total. The zero-order valence-electron chi connectivity index (χ0n) is 10.9. The van der Waals surface area contributed by atoms with Crippen molar-refractivity contribution >= 4 is 5.91 Å². The first-order valence-corrected chi connectivity index (χ1v) is 5.84. The molecule has 1 amide bonds. The zero-order chi connectivity index (χ0) is 13.8. The van der Waals surface area contributed by atoms with Crippen molar-refractivity contribution in [1.29, 1.82) is 5.26 Å². The SMILES string of the molecule is CCC(C)(C#N)C(=O)N(C)Cc1ccc(F)cc1. The molecule has 1 aromatic rings. The van der Waals surface area contributed by atoms with Crippen LogP contribution < -0.4 is 0 Å². The van der Waals surface area contributed by atoms with Crippen LogP contribution in [0.25, 0.3) is 0 Å². The standard InChI is InChI=1S/C14H17FN2O/c1-4-14(2,10-16)13(18)17(3)9-11-5-7-12(15)8-6-11/h5-8H,4,9H2,1-3H3. The first kappa shape index (κ1) is 14.2. The van der Waals surface area contributed by atoms with Crippen LogP contribution in [0.3, 0.4) is 0 Å². The molecule has 0 aromatic heterocycles. The van der Waals surface area contributed by atoms with Gasteiger partial charge in [0.1, 0.15) is 11.2 Å². The number of hydrogen-bond donors (Lipinski definition) is 0. The number of nitrogens with zero attached hydrogens (tertiary/aromatic N) is 2. The third kappa shape index (κ3) is 3.07. The molecule has 0 bridgehead atoms. The van der Waals surface area contributed by atoms with Crippen molar-refractivity contribution in [2.45, 2.75) is 26.8 Å². The van der Waals surface area contributed by atoms with Gasteiger partial charge in [0, 0.05) is 13.6 Å². The topological polar surface area (TPSA) is 44.1 Å². The summed E-state index contributed by atoms with van der Waals surface area (Å²) < 4.78 is 12.8. The summed E-state index contributed by atoms with van der Waals surface area (Å²) >= 11 is 0. The Labute approximate surface area is 107 Å². The molecule has 0 radical (unpaired) electrons. The number of amides is 1. The highest BCUT2D eigenvalue weighted by molar-refractivity contribution is 5.84. The highest BCUT2D eigenvalue weighted by Crippen LogP contribution is 2.23. The van der Waals surface area contributed by atoms with E-state index in [9.17, 15) is 9.18 Å². The fourth-order valence-corrected chi connectivity index (χ4v) is 1.63. The van der Waals surface area contributed by atoms with Crippen LogP contribution in [-0.2, 0) is 11.3 Å². The Morgan fingerprint density at radius 2 is 2.00 bits per heavy atom. The van der Waals surface area contributed by atoms with Crippen molar-refractivity contribution in [3.05, 3.63) is 35.6 Å². The normalized spacial score (nSPS) is 13.5. The van der Waals surface area contributed by atoms with Crippen molar-refractivity contribution in [3.63, 3.8) is 0 Å². The van der Waals surface area contributed by atoms with Crippen molar-refractivity contribution in [2.75, 3.05) is 7.05 Å². The molecule has 0 aliphatic heterocycles. The molecular weight excluding hydrogens is 231 g/mol. The molecule has 96 valence electrons. The second-order valence-electron chi connectivity index (χ2n) is 4.59. The molecule has 0 saturated heterocycles. The highest BCUT2D eigenvalue weighted by atomic mass is 19.1. The number of benzene rings is 1. The van der Waals surface area contributed by atoms with Gasteiger partial charge in [-0.2, -0.15) is 5.26 Å². The molecule has 1 rings (SSSR count). The Bertz CT molecular complexity index is 464. The summed E-state index contributed by atoms with van der Waals surface area (Å²) in [5, 5.41) is 9.06. The van der Waals surface area contributed by atoms with Crippen LogP contribution in [0.1, 0.15) is 25.8 Å². The van der Waals surface area contributed by atoms with Gasteiger partial charge in [-0.05, 0) is 31.0 Å². The van der Waals surface area contributed by atoms with Gasteiger partial charge in [0.25, 0.3) is 0 Å². The highest BCUT2D eigenvalue weighted by Gasteiger charge is 2.33. The number of nitriles is 1. The van der Waals surface area contributed by atoms with E-state index in [0.717, 1.165) is 5.56 Å². The smallest absolute Gasteiger partial charge is 0.242 e. The van der Waals surface area contributed by atoms with Gasteiger partial charge in [-0.3, -0.25) is 4.79 Å². The quantitative estimate of drug-likeness (QED) is 0.822. The summed E-state index contributed by atoms with van der Waals surface area (Å²) in [5.74, 6) is -0.514. The molecule has 18 heavy (non-hydrogen) atoms. The van der Waals surface area contributed by atoms with Crippen molar-refractivity contribution < 1.29 is 9.18 Å². The van der Waals surface area contributed by atoms with E-state index in [1.165, 1.54) is 17.0 Å². The molecule has 0 aliphatic rings. The third-order valence-corrected chi connectivity index (χ3v) is 3.11. The predicted molar refractivity (Wildman–Crippen MR) is 66.9 cm³/mol. The Kier molecular flexibility index (Phi) is 4.43. The van der Waals surface area contributed by atoms with E-state index in [1.807, 2.05) is 6.92 Å². The van der Waals surface area contributed by atoms with Gasteiger partial charge < -0.3 is 4.90 Å². The average molecular weight is 248 g/mol. The molecule has 0 fully saturated rings. The van der Waals surface area contributed by atoms with Crippen LogP contribution in [0.2, 0.25) is 0 Å².